The molecular weight excluding hydrogens is 298 g/mol. The summed E-state index contributed by atoms with van der Waals surface area (Å²) < 4.78 is 0. The Bertz CT molecular complexity index is 638. The SMILES string of the molecule is CN(C)c1cc(N2CCN(c3ccccc3Cl)CC2)ncn1. The molecule has 0 N–H and O–H groups in total. The molecule has 0 unspecified atom stereocenters. The molecule has 2 heterocycles. The van der Waals surface area contributed by atoms with Gasteiger partial charge in [0.25, 0.3) is 0 Å². The van der Waals surface area contributed by atoms with Gasteiger partial charge in [-0.05, 0) is 12.1 Å². The monoisotopic (exact) mass is 317 g/mol. The molecular formula is C16H20ClN5. The predicted octanol–water partition coefficient (Wildman–Crippen LogP) is 2.52. The molecule has 1 aliphatic rings. The van der Waals surface area contributed by atoms with Crippen molar-refractivity contribution in [2.75, 3.05) is 55.0 Å². The minimum absolute atomic E-state index is 0.813. The van der Waals surface area contributed by atoms with Crippen LogP contribution in [0.3, 0.4) is 0 Å². The molecule has 1 aromatic heterocycles. The van der Waals surface area contributed by atoms with E-state index in [1.54, 1.807) is 6.33 Å². The third kappa shape index (κ3) is 3.09. The van der Waals surface area contributed by atoms with Crippen LogP contribution in [0.2, 0.25) is 5.02 Å². The second-order valence-corrected chi connectivity index (χ2v) is 5.96. The molecule has 1 fully saturated rings. The second kappa shape index (κ2) is 6.40. The van der Waals surface area contributed by atoms with Crippen molar-refractivity contribution in [3.05, 3.63) is 41.7 Å². The van der Waals surface area contributed by atoms with E-state index in [1.807, 2.05) is 43.3 Å². The van der Waals surface area contributed by atoms with E-state index >= 15 is 0 Å². The molecule has 5 nitrogen and oxygen atoms in total. The van der Waals surface area contributed by atoms with Gasteiger partial charge in [-0.2, -0.15) is 0 Å². The number of hydrogen-bond donors (Lipinski definition) is 0. The lowest BCUT2D eigenvalue weighted by atomic mass is 10.2. The minimum atomic E-state index is 0.813. The summed E-state index contributed by atoms with van der Waals surface area (Å²) in [7, 11) is 3.98. The molecule has 1 aromatic carbocycles. The highest BCUT2D eigenvalue weighted by atomic mass is 35.5. The van der Waals surface area contributed by atoms with Crippen LogP contribution >= 0.6 is 11.6 Å². The van der Waals surface area contributed by atoms with Crippen molar-refractivity contribution in [3.63, 3.8) is 0 Å². The lowest BCUT2D eigenvalue weighted by molar-refractivity contribution is 0.647. The summed E-state index contributed by atoms with van der Waals surface area (Å²) in [5.74, 6) is 1.91. The molecule has 116 valence electrons. The molecule has 6 heteroatoms. The highest BCUT2D eigenvalue weighted by molar-refractivity contribution is 6.33. The highest BCUT2D eigenvalue weighted by Gasteiger charge is 2.20. The molecule has 1 aliphatic heterocycles. The zero-order valence-electron chi connectivity index (χ0n) is 12.9. The first-order valence-corrected chi connectivity index (χ1v) is 7.77. The average Bonchev–Trinajstić information content (AvgIpc) is 2.56. The quantitative estimate of drug-likeness (QED) is 0.869. The standard InChI is InChI=1S/C16H20ClN5/c1-20(2)15-11-16(19-12-18-15)22-9-7-21(8-10-22)14-6-4-3-5-13(14)17/h3-6,11-12H,7-10H2,1-2H3. The van der Waals surface area contributed by atoms with Gasteiger partial charge in [-0.15, -0.1) is 0 Å². The van der Waals surface area contributed by atoms with Crippen molar-refractivity contribution < 1.29 is 0 Å². The van der Waals surface area contributed by atoms with E-state index in [2.05, 4.69) is 25.8 Å². The number of rotatable bonds is 3. The van der Waals surface area contributed by atoms with Crippen LogP contribution < -0.4 is 14.7 Å². The van der Waals surface area contributed by atoms with E-state index in [1.165, 1.54) is 0 Å². The van der Waals surface area contributed by atoms with Gasteiger partial charge in [-0.3, -0.25) is 0 Å². The van der Waals surface area contributed by atoms with Crippen LogP contribution in [0.15, 0.2) is 36.7 Å². The maximum atomic E-state index is 6.29. The number of hydrogen-bond acceptors (Lipinski definition) is 5. The number of piperazine rings is 1. The summed E-state index contributed by atoms with van der Waals surface area (Å²) in [6.45, 7) is 3.72. The first-order valence-electron chi connectivity index (χ1n) is 7.39. The van der Waals surface area contributed by atoms with Crippen molar-refractivity contribution in [1.29, 1.82) is 0 Å². The molecule has 0 bridgehead atoms. The van der Waals surface area contributed by atoms with Gasteiger partial charge in [-0.1, -0.05) is 23.7 Å². The summed E-state index contributed by atoms with van der Waals surface area (Å²) in [6, 6.07) is 10.0. The lowest BCUT2D eigenvalue weighted by Crippen LogP contribution is -2.47. The van der Waals surface area contributed by atoms with E-state index in [-0.39, 0.29) is 0 Å². The number of nitrogens with zero attached hydrogens (tertiary/aromatic N) is 5. The van der Waals surface area contributed by atoms with Gasteiger partial charge in [0, 0.05) is 46.3 Å². The van der Waals surface area contributed by atoms with Gasteiger partial charge in [0.05, 0.1) is 10.7 Å². The molecule has 3 rings (SSSR count). The fourth-order valence-corrected chi connectivity index (χ4v) is 2.89. The Morgan fingerprint density at radius 1 is 1.00 bits per heavy atom. The van der Waals surface area contributed by atoms with Gasteiger partial charge < -0.3 is 14.7 Å². The summed E-state index contributed by atoms with van der Waals surface area (Å²) in [6.07, 6.45) is 1.63. The predicted molar refractivity (Wildman–Crippen MR) is 92.2 cm³/mol. The Kier molecular flexibility index (Phi) is 4.34. The second-order valence-electron chi connectivity index (χ2n) is 5.55. The number of benzene rings is 1. The van der Waals surface area contributed by atoms with Crippen molar-refractivity contribution >= 4 is 28.9 Å². The van der Waals surface area contributed by atoms with Crippen LogP contribution in [0.25, 0.3) is 0 Å². The third-order valence-electron chi connectivity index (χ3n) is 3.89. The zero-order valence-corrected chi connectivity index (χ0v) is 13.7. The minimum Gasteiger partial charge on any atom is -0.367 e. The number of para-hydroxylation sites is 1. The Balaban J connectivity index is 1.69. The topological polar surface area (TPSA) is 35.5 Å². The Morgan fingerprint density at radius 3 is 2.36 bits per heavy atom. The number of anilines is 3. The molecule has 0 saturated carbocycles. The fraction of sp³-hybridized carbons (Fsp3) is 0.375. The van der Waals surface area contributed by atoms with Crippen LogP contribution in [-0.2, 0) is 0 Å². The molecule has 2 aromatic rings. The molecule has 0 radical (unpaired) electrons. The summed E-state index contributed by atoms with van der Waals surface area (Å²) in [5.41, 5.74) is 1.11. The van der Waals surface area contributed by atoms with Gasteiger partial charge in [0.1, 0.15) is 18.0 Å². The van der Waals surface area contributed by atoms with Gasteiger partial charge in [0.2, 0.25) is 0 Å². The maximum Gasteiger partial charge on any atom is 0.134 e. The zero-order chi connectivity index (χ0) is 15.5. The van der Waals surface area contributed by atoms with E-state index in [4.69, 9.17) is 11.6 Å². The lowest BCUT2D eigenvalue weighted by Gasteiger charge is -2.37. The molecule has 0 amide bonds. The van der Waals surface area contributed by atoms with Crippen molar-refractivity contribution in [2.24, 2.45) is 0 Å². The van der Waals surface area contributed by atoms with Crippen molar-refractivity contribution in [2.45, 2.75) is 0 Å². The molecule has 0 spiro atoms. The smallest absolute Gasteiger partial charge is 0.134 e. The summed E-state index contributed by atoms with van der Waals surface area (Å²) in [4.78, 5) is 15.3. The van der Waals surface area contributed by atoms with Crippen LogP contribution in [0, 0.1) is 0 Å². The highest BCUT2D eigenvalue weighted by Crippen LogP contribution is 2.27. The normalized spacial score (nSPS) is 15.0. The van der Waals surface area contributed by atoms with E-state index in [9.17, 15) is 0 Å². The summed E-state index contributed by atoms with van der Waals surface area (Å²) >= 11 is 6.29. The fourth-order valence-electron chi connectivity index (χ4n) is 2.64. The van der Waals surface area contributed by atoms with Crippen LogP contribution in [0.1, 0.15) is 0 Å². The van der Waals surface area contributed by atoms with Gasteiger partial charge in [0.15, 0.2) is 0 Å². The van der Waals surface area contributed by atoms with E-state index < -0.39 is 0 Å². The van der Waals surface area contributed by atoms with E-state index in [0.717, 1.165) is 48.5 Å². The van der Waals surface area contributed by atoms with Gasteiger partial charge in [-0.25, -0.2) is 9.97 Å². The third-order valence-corrected chi connectivity index (χ3v) is 4.21. The van der Waals surface area contributed by atoms with Crippen LogP contribution in [-0.4, -0.2) is 50.2 Å². The maximum absolute atomic E-state index is 6.29. The first kappa shape index (κ1) is 14.9. The van der Waals surface area contributed by atoms with E-state index in [0.29, 0.717) is 0 Å². The first-order chi connectivity index (χ1) is 10.6. The van der Waals surface area contributed by atoms with Gasteiger partial charge >= 0.3 is 0 Å². The molecule has 0 atom stereocenters. The summed E-state index contributed by atoms with van der Waals surface area (Å²) in [5, 5.41) is 0.813. The van der Waals surface area contributed by atoms with Crippen molar-refractivity contribution in [1.82, 2.24) is 9.97 Å². The molecule has 0 aliphatic carbocycles. The Morgan fingerprint density at radius 2 is 1.68 bits per heavy atom. The van der Waals surface area contributed by atoms with Crippen LogP contribution in [0.5, 0.6) is 0 Å². The Labute approximate surface area is 136 Å². The van der Waals surface area contributed by atoms with Crippen LogP contribution in [0.4, 0.5) is 17.3 Å². The Hall–Kier alpha value is -2.01. The number of halogens is 1. The largest absolute Gasteiger partial charge is 0.367 e. The number of aromatic nitrogens is 2. The van der Waals surface area contributed by atoms with Crippen molar-refractivity contribution in [3.8, 4) is 0 Å². The average molecular weight is 318 g/mol. The molecule has 1 saturated heterocycles. The molecule has 22 heavy (non-hydrogen) atoms.